The van der Waals surface area contributed by atoms with Crippen molar-refractivity contribution in [3.63, 3.8) is 0 Å². The Balaban J connectivity index is 0.00000225. The summed E-state index contributed by atoms with van der Waals surface area (Å²) in [7, 11) is -2.22. The van der Waals surface area contributed by atoms with Crippen LogP contribution in [0.15, 0.2) is 24.3 Å². The molecule has 0 bridgehead atoms. The second kappa shape index (κ2) is 6.21. The van der Waals surface area contributed by atoms with E-state index in [9.17, 15) is 17.5 Å². The molecule has 0 spiro atoms. The van der Waals surface area contributed by atoms with Crippen molar-refractivity contribution in [3.05, 3.63) is 29.8 Å². The number of benzene rings is 1. The number of hydrogen-bond donors (Lipinski definition) is 0. The molecule has 0 N–H and O–H groups in total. The van der Waals surface area contributed by atoms with Gasteiger partial charge in [-0.05, 0) is 18.9 Å². The van der Waals surface area contributed by atoms with Gasteiger partial charge in [0.2, 0.25) is 0 Å². The predicted molar refractivity (Wildman–Crippen MR) is 58.3 cm³/mol. The molecule has 0 aliphatic heterocycles. The Hall–Kier alpha value is 0.941. The summed E-state index contributed by atoms with van der Waals surface area (Å²) in [6, 6.07) is 4.88. The van der Waals surface area contributed by atoms with Gasteiger partial charge in [0, 0.05) is 6.16 Å². The topological polar surface area (TPSA) is 17.1 Å². The van der Waals surface area contributed by atoms with Gasteiger partial charge in [0.25, 0.3) is 0 Å². The molecule has 0 unspecified atom stereocenters. The van der Waals surface area contributed by atoms with Crippen molar-refractivity contribution in [2.75, 3.05) is 13.3 Å². The van der Waals surface area contributed by atoms with Gasteiger partial charge in [-0.15, -0.1) is 5.46 Å². The minimum Gasteiger partial charge on any atom is -0.445 e. The van der Waals surface area contributed by atoms with Crippen LogP contribution in [0.2, 0.25) is 0 Å². The standard InChI is InChI=1S/C9H12BF3OP.K/c1-15(2,14)7-8-3-5-9(6-4-8)10(11,12)13;/h3-6H,7H2,1-2H3;/q-1;+1. The maximum absolute atomic E-state index is 12.3. The van der Waals surface area contributed by atoms with Crippen LogP contribution in [0.4, 0.5) is 12.9 Å². The van der Waals surface area contributed by atoms with Crippen molar-refractivity contribution in [3.8, 4) is 0 Å². The Labute approximate surface area is 136 Å². The molecule has 1 nitrogen and oxygen atoms in total. The quantitative estimate of drug-likeness (QED) is 0.554. The van der Waals surface area contributed by atoms with E-state index in [-0.39, 0.29) is 51.4 Å². The van der Waals surface area contributed by atoms with E-state index in [4.69, 9.17) is 0 Å². The van der Waals surface area contributed by atoms with E-state index in [1.807, 2.05) is 0 Å². The first kappa shape index (κ1) is 16.9. The Morgan fingerprint density at radius 2 is 1.56 bits per heavy atom. The van der Waals surface area contributed by atoms with E-state index >= 15 is 0 Å². The summed E-state index contributed by atoms with van der Waals surface area (Å²) < 4.78 is 48.2. The van der Waals surface area contributed by atoms with Gasteiger partial charge in [-0.2, -0.15) is 0 Å². The Morgan fingerprint density at radius 3 is 1.88 bits per heavy atom. The zero-order valence-electron chi connectivity index (χ0n) is 9.58. The second-order valence-electron chi connectivity index (χ2n) is 4.05. The summed E-state index contributed by atoms with van der Waals surface area (Å²) in [6.45, 7) is -1.69. The van der Waals surface area contributed by atoms with Crippen molar-refractivity contribution >= 4 is 19.6 Å². The van der Waals surface area contributed by atoms with Crippen molar-refractivity contribution in [2.45, 2.75) is 6.16 Å². The fourth-order valence-electron chi connectivity index (χ4n) is 1.28. The molecule has 0 fully saturated rings. The molecule has 0 saturated heterocycles. The average molecular weight is 274 g/mol. The van der Waals surface area contributed by atoms with Crippen LogP contribution in [0.25, 0.3) is 0 Å². The van der Waals surface area contributed by atoms with E-state index in [1.54, 1.807) is 13.3 Å². The molecule has 1 rings (SSSR count). The van der Waals surface area contributed by atoms with Crippen LogP contribution in [0.5, 0.6) is 0 Å². The van der Waals surface area contributed by atoms with Crippen molar-refractivity contribution in [2.24, 2.45) is 0 Å². The number of hydrogen-bond acceptors (Lipinski definition) is 1. The Kier molecular flexibility index (Phi) is 6.57. The van der Waals surface area contributed by atoms with E-state index in [1.165, 1.54) is 12.1 Å². The monoisotopic (exact) mass is 274 g/mol. The van der Waals surface area contributed by atoms with Gasteiger partial charge in [-0.3, -0.25) is 0 Å². The Morgan fingerprint density at radius 1 is 1.12 bits per heavy atom. The molecule has 1 aromatic carbocycles. The van der Waals surface area contributed by atoms with E-state index < -0.39 is 19.6 Å². The van der Waals surface area contributed by atoms with Gasteiger partial charge in [0.1, 0.15) is 0 Å². The molecule has 0 amide bonds. The molecular weight excluding hydrogens is 262 g/mol. The summed E-state index contributed by atoms with van der Waals surface area (Å²) in [5.74, 6) is 0. The summed E-state index contributed by atoms with van der Waals surface area (Å²) in [5.41, 5.74) is 0.0768. The third-order valence-corrected chi connectivity index (χ3v) is 3.05. The van der Waals surface area contributed by atoms with Crippen LogP contribution in [0, 0.1) is 0 Å². The summed E-state index contributed by atoms with van der Waals surface area (Å²) >= 11 is 0. The molecule has 0 radical (unpaired) electrons. The molecule has 0 heterocycles. The van der Waals surface area contributed by atoms with Crippen LogP contribution >= 0.6 is 7.14 Å². The zero-order chi connectivity index (χ0) is 11.7. The van der Waals surface area contributed by atoms with Crippen molar-refractivity contribution in [1.29, 1.82) is 0 Å². The van der Waals surface area contributed by atoms with Gasteiger partial charge >= 0.3 is 58.4 Å². The fraction of sp³-hybridized carbons (Fsp3) is 0.333. The van der Waals surface area contributed by atoms with Crippen LogP contribution in [0.3, 0.4) is 0 Å². The number of halogens is 3. The first-order chi connectivity index (χ1) is 6.68. The van der Waals surface area contributed by atoms with Gasteiger partial charge < -0.3 is 17.5 Å². The average Bonchev–Trinajstić information content (AvgIpc) is 2.00. The normalized spacial score (nSPS) is 12.1. The van der Waals surface area contributed by atoms with E-state index in [2.05, 4.69) is 0 Å². The molecule has 0 aliphatic carbocycles. The largest absolute Gasteiger partial charge is 1.00 e. The Bertz CT molecular complexity index is 385. The maximum Gasteiger partial charge on any atom is 1.00 e. The minimum absolute atomic E-state index is 0. The molecule has 16 heavy (non-hydrogen) atoms. The van der Waals surface area contributed by atoms with E-state index in [0.29, 0.717) is 11.7 Å². The van der Waals surface area contributed by atoms with Crippen LogP contribution in [-0.2, 0) is 10.7 Å². The molecule has 0 aliphatic rings. The molecule has 0 atom stereocenters. The minimum atomic E-state index is -4.93. The molecular formula is C9H12BF3KOP. The van der Waals surface area contributed by atoms with Gasteiger partial charge in [0.05, 0.1) is 7.14 Å². The molecule has 7 heteroatoms. The molecule has 1 aromatic rings. The SMILES string of the molecule is CP(C)(=O)Cc1ccc([B-](F)(F)F)cc1.[K+]. The van der Waals surface area contributed by atoms with Crippen molar-refractivity contribution < 1.29 is 68.9 Å². The molecule has 0 saturated carbocycles. The van der Waals surface area contributed by atoms with Crippen LogP contribution in [0.1, 0.15) is 5.56 Å². The van der Waals surface area contributed by atoms with Gasteiger partial charge in [-0.1, -0.05) is 24.3 Å². The smallest absolute Gasteiger partial charge is 0.445 e. The summed E-state index contributed by atoms with van der Waals surface area (Å²) in [4.78, 5) is 0. The zero-order valence-corrected chi connectivity index (χ0v) is 13.6. The second-order valence-corrected chi connectivity index (χ2v) is 7.51. The van der Waals surface area contributed by atoms with Crippen molar-refractivity contribution in [1.82, 2.24) is 0 Å². The first-order valence-corrected chi connectivity index (χ1v) is 7.30. The fourth-order valence-corrected chi connectivity index (χ4v) is 2.37. The predicted octanol–water partition coefficient (Wildman–Crippen LogP) is -0.132. The summed E-state index contributed by atoms with van der Waals surface area (Å²) in [5, 5.41) is 0. The molecule has 84 valence electrons. The summed E-state index contributed by atoms with van der Waals surface area (Å²) in [6.07, 6.45) is 0.345. The van der Waals surface area contributed by atoms with Crippen LogP contribution < -0.4 is 56.8 Å². The van der Waals surface area contributed by atoms with Gasteiger partial charge in [0.15, 0.2) is 0 Å². The first-order valence-electron chi connectivity index (χ1n) is 4.51. The number of rotatable bonds is 3. The van der Waals surface area contributed by atoms with Gasteiger partial charge in [-0.25, -0.2) is 0 Å². The molecule has 0 aromatic heterocycles. The van der Waals surface area contributed by atoms with E-state index in [0.717, 1.165) is 12.1 Å². The van der Waals surface area contributed by atoms with Crippen LogP contribution in [-0.4, -0.2) is 20.3 Å². The third kappa shape index (κ3) is 6.03. The maximum atomic E-state index is 12.3. The third-order valence-electron chi connectivity index (χ3n) is 1.92.